The maximum absolute atomic E-state index is 11.0. The Morgan fingerprint density at radius 2 is 1.89 bits per heavy atom. The minimum atomic E-state index is 0.131. The van der Waals surface area contributed by atoms with Crippen LogP contribution in [-0.4, -0.2) is 26.2 Å². The topological polar surface area (TPSA) is 68.6 Å². The summed E-state index contributed by atoms with van der Waals surface area (Å²) < 4.78 is 0. The van der Waals surface area contributed by atoms with E-state index >= 15 is 0 Å². The van der Waals surface area contributed by atoms with E-state index in [1.54, 1.807) is 0 Å². The monoisotopic (exact) mass is 280 g/mol. The van der Waals surface area contributed by atoms with Crippen molar-refractivity contribution in [1.29, 1.82) is 0 Å². The fraction of sp³-hybridized carbons (Fsp3) is 0.182. The van der Waals surface area contributed by atoms with E-state index < -0.39 is 0 Å². The number of aryl methyl sites for hydroxylation is 2. The maximum atomic E-state index is 11.0. The van der Waals surface area contributed by atoms with Crippen LogP contribution in [-0.2, 0) is 0 Å². The molecule has 0 aromatic carbocycles. The number of halogens is 1. The van der Waals surface area contributed by atoms with Crippen molar-refractivity contribution in [2.75, 3.05) is 0 Å². The van der Waals surface area contributed by atoms with E-state index in [9.17, 15) is 4.79 Å². The van der Waals surface area contributed by atoms with Crippen molar-refractivity contribution >= 4 is 29.6 Å². The number of carbonyl (C=O) groups is 1. The molecule has 7 heteroatoms. The highest BCUT2D eigenvalue weighted by Crippen LogP contribution is 2.27. The van der Waals surface area contributed by atoms with Crippen LogP contribution in [0.1, 0.15) is 21.7 Å². The largest absolute Gasteiger partial charge is 0.298 e. The first kappa shape index (κ1) is 12.9. The maximum Gasteiger partial charge on any atom is 0.194 e. The van der Waals surface area contributed by atoms with E-state index in [2.05, 4.69) is 19.9 Å². The van der Waals surface area contributed by atoms with E-state index in [4.69, 9.17) is 11.6 Å². The van der Waals surface area contributed by atoms with Crippen molar-refractivity contribution in [3.63, 3.8) is 0 Å². The molecule has 0 saturated carbocycles. The first-order chi connectivity index (χ1) is 8.60. The lowest BCUT2D eigenvalue weighted by atomic mass is 10.4. The van der Waals surface area contributed by atoms with Crippen molar-refractivity contribution in [1.82, 2.24) is 19.9 Å². The van der Waals surface area contributed by atoms with E-state index in [0.29, 0.717) is 16.5 Å². The summed E-state index contributed by atoms with van der Waals surface area (Å²) >= 11 is 7.01. The van der Waals surface area contributed by atoms with Gasteiger partial charge in [0.05, 0.1) is 5.56 Å². The van der Waals surface area contributed by atoms with Crippen molar-refractivity contribution in [2.24, 2.45) is 0 Å². The van der Waals surface area contributed by atoms with Gasteiger partial charge in [0.1, 0.15) is 16.5 Å². The zero-order chi connectivity index (χ0) is 13.1. The number of aromatic nitrogens is 4. The molecule has 0 aliphatic rings. The molecule has 2 heterocycles. The molecular weight excluding hydrogens is 272 g/mol. The summed E-state index contributed by atoms with van der Waals surface area (Å²) in [5.74, 6) is 0. The predicted octanol–water partition coefficient (Wildman–Crippen LogP) is 2.50. The average Bonchev–Trinajstić information content (AvgIpc) is 2.27. The summed E-state index contributed by atoms with van der Waals surface area (Å²) in [4.78, 5) is 27.3. The van der Waals surface area contributed by atoms with Crippen molar-refractivity contribution < 1.29 is 4.79 Å². The number of aldehydes is 1. The summed E-state index contributed by atoms with van der Waals surface area (Å²) in [6, 6.07) is 1.87. The van der Waals surface area contributed by atoms with E-state index in [1.165, 1.54) is 18.1 Å². The zero-order valence-electron chi connectivity index (χ0n) is 9.72. The first-order valence-corrected chi connectivity index (χ1v) is 6.25. The number of hydrogen-bond donors (Lipinski definition) is 0. The Morgan fingerprint density at radius 3 is 2.50 bits per heavy atom. The van der Waals surface area contributed by atoms with Gasteiger partial charge in [-0.25, -0.2) is 19.9 Å². The van der Waals surface area contributed by atoms with Crippen LogP contribution in [0.4, 0.5) is 0 Å². The molecule has 0 amide bonds. The molecule has 18 heavy (non-hydrogen) atoms. The molecule has 0 spiro atoms. The number of rotatable bonds is 3. The third-order valence-corrected chi connectivity index (χ3v) is 3.25. The molecule has 0 N–H and O–H groups in total. The Hall–Kier alpha value is -1.53. The summed E-state index contributed by atoms with van der Waals surface area (Å²) in [6.45, 7) is 3.76. The Morgan fingerprint density at radius 1 is 1.22 bits per heavy atom. The van der Waals surface area contributed by atoms with E-state index in [-0.39, 0.29) is 10.7 Å². The fourth-order valence-corrected chi connectivity index (χ4v) is 2.51. The van der Waals surface area contributed by atoms with Gasteiger partial charge < -0.3 is 0 Å². The lowest BCUT2D eigenvalue weighted by Crippen LogP contribution is -1.97. The molecule has 0 radical (unpaired) electrons. The second-order valence-corrected chi connectivity index (χ2v) is 4.85. The zero-order valence-corrected chi connectivity index (χ0v) is 11.3. The molecular formula is C11H9ClN4OS. The van der Waals surface area contributed by atoms with Crippen LogP contribution in [0, 0.1) is 13.8 Å². The Labute approximate surface area is 113 Å². The van der Waals surface area contributed by atoms with Crippen LogP contribution >= 0.6 is 23.4 Å². The Balaban J connectivity index is 2.39. The van der Waals surface area contributed by atoms with Crippen LogP contribution in [0.2, 0.25) is 5.15 Å². The lowest BCUT2D eigenvalue weighted by Gasteiger charge is -2.04. The van der Waals surface area contributed by atoms with Gasteiger partial charge in [-0.15, -0.1) is 0 Å². The summed E-state index contributed by atoms with van der Waals surface area (Å²) in [5, 5.41) is 1.12. The predicted molar refractivity (Wildman–Crippen MR) is 68.1 cm³/mol. The highest BCUT2D eigenvalue weighted by atomic mass is 35.5. The molecule has 0 aliphatic carbocycles. The van der Waals surface area contributed by atoms with Gasteiger partial charge in [0.2, 0.25) is 0 Å². The SMILES string of the molecule is Cc1cc(C)nc(Sc2ncnc(Cl)c2C=O)n1. The van der Waals surface area contributed by atoms with Crippen LogP contribution in [0.3, 0.4) is 0 Å². The third kappa shape index (κ3) is 2.83. The Kier molecular flexibility index (Phi) is 3.88. The van der Waals surface area contributed by atoms with Gasteiger partial charge in [0, 0.05) is 11.4 Å². The molecule has 0 fully saturated rings. The fourth-order valence-electron chi connectivity index (χ4n) is 1.37. The third-order valence-electron chi connectivity index (χ3n) is 2.07. The molecule has 2 aromatic rings. The van der Waals surface area contributed by atoms with Gasteiger partial charge in [-0.1, -0.05) is 11.6 Å². The summed E-state index contributed by atoms with van der Waals surface area (Å²) in [7, 11) is 0. The number of nitrogens with zero attached hydrogens (tertiary/aromatic N) is 4. The Bertz CT molecular complexity index is 585. The molecule has 92 valence electrons. The van der Waals surface area contributed by atoms with Gasteiger partial charge in [0.15, 0.2) is 11.4 Å². The highest BCUT2D eigenvalue weighted by Gasteiger charge is 2.12. The molecule has 5 nitrogen and oxygen atoms in total. The smallest absolute Gasteiger partial charge is 0.194 e. The van der Waals surface area contributed by atoms with Gasteiger partial charge in [-0.05, 0) is 31.7 Å². The lowest BCUT2D eigenvalue weighted by molar-refractivity contribution is 0.112. The normalized spacial score (nSPS) is 10.4. The highest BCUT2D eigenvalue weighted by molar-refractivity contribution is 7.99. The summed E-state index contributed by atoms with van der Waals surface area (Å²) in [5.41, 5.74) is 1.97. The average molecular weight is 281 g/mol. The van der Waals surface area contributed by atoms with Crippen LogP contribution < -0.4 is 0 Å². The first-order valence-electron chi connectivity index (χ1n) is 5.06. The van der Waals surface area contributed by atoms with Gasteiger partial charge in [-0.3, -0.25) is 4.79 Å². The van der Waals surface area contributed by atoms with E-state index in [1.807, 2.05) is 19.9 Å². The van der Waals surface area contributed by atoms with Crippen molar-refractivity contribution in [3.05, 3.63) is 34.5 Å². The van der Waals surface area contributed by atoms with Gasteiger partial charge in [0.25, 0.3) is 0 Å². The second kappa shape index (κ2) is 5.41. The minimum Gasteiger partial charge on any atom is -0.298 e. The van der Waals surface area contributed by atoms with Crippen molar-refractivity contribution in [2.45, 2.75) is 24.0 Å². The number of hydrogen-bond acceptors (Lipinski definition) is 6. The van der Waals surface area contributed by atoms with Gasteiger partial charge >= 0.3 is 0 Å². The van der Waals surface area contributed by atoms with Crippen LogP contribution in [0.5, 0.6) is 0 Å². The molecule has 0 unspecified atom stereocenters. The minimum absolute atomic E-state index is 0.131. The van der Waals surface area contributed by atoms with Gasteiger partial charge in [-0.2, -0.15) is 0 Å². The molecule has 2 aromatic heterocycles. The molecule has 0 saturated heterocycles. The molecule has 0 atom stereocenters. The summed E-state index contributed by atoms with van der Waals surface area (Å²) in [6.07, 6.45) is 1.94. The van der Waals surface area contributed by atoms with Crippen LogP contribution in [0.25, 0.3) is 0 Å². The number of carbonyl (C=O) groups excluding carboxylic acids is 1. The quantitative estimate of drug-likeness (QED) is 0.489. The molecule has 0 bridgehead atoms. The standard InChI is InChI=1S/C11H9ClN4OS/c1-6-3-7(2)16-11(15-6)18-10-8(4-17)9(12)13-5-14-10/h3-5H,1-2H3. The van der Waals surface area contributed by atoms with Crippen molar-refractivity contribution in [3.8, 4) is 0 Å². The second-order valence-electron chi connectivity index (χ2n) is 3.54. The van der Waals surface area contributed by atoms with E-state index in [0.717, 1.165) is 11.4 Å². The molecule has 2 rings (SSSR count). The van der Waals surface area contributed by atoms with Crippen LogP contribution in [0.15, 0.2) is 22.6 Å². The molecule has 0 aliphatic heterocycles.